The highest BCUT2D eigenvalue weighted by Crippen LogP contribution is 2.30. The van der Waals surface area contributed by atoms with Gasteiger partial charge in [-0.25, -0.2) is 5.01 Å². The topological polar surface area (TPSA) is 15.3 Å². The van der Waals surface area contributed by atoms with E-state index in [1.807, 2.05) is 0 Å². The first-order valence-corrected chi connectivity index (χ1v) is 6.41. The zero-order valence-corrected chi connectivity index (χ0v) is 10.1. The minimum Gasteiger partial charge on any atom is -0.254 e. The molecule has 1 fully saturated rings. The first-order chi connectivity index (χ1) is 7.21. The Balaban J connectivity index is 2.03. The van der Waals surface area contributed by atoms with E-state index in [4.69, 9.17) is 0 Å². The second-order valence-electron chi connectivity index (χ2n) is 5.35. The highest BCUT2D eigenvalue weighted by atomic mass is 15.5. The van der Waals surface area contributed by atoms with E-state index in [-0.39, 0.29) is 5.54 Å². The zero-order valence-electron chi connectivity index (χ0n) is 10.1. The molecule has 15 heavy (non-hydrogen) atoms. The Hall–Kier alpha value is -0.340. The lowest BCUT2D eigenvalue weighted by Gasteiger charge is -2.41. The molecule has 2 atom stereocenters. The Labute approximate surface area is 93.7 Å². The van der Waals surface area contributed by atoms with Crippen LogP contribution in [0.15, 0.2) is 12.2 Å². The lowest BCUT2D eigenvalue weighted by molar-refractivity contribution is 0.0732. The lowest BCUT2D eigenvalue weighted by Crippen LogP contribution is -2.53. The van der Waals surface area contributed by atoms with Gasteiger partial charge in [0.05, 0.1) is 5.54 Å². The minimum absolute atomic E-state index is 0.261. The van der Waals surface area contributed by atoms with Gasteiger partial charge in [0, 0.05) is 13.1 Å². The highest BCUT2D eigenvalue weighted by molar-refractivity contribution is 5.09. The normalized spacial score (nSPS) is 38.9. The predicted octanol–water partition coefficient (Wildman–Crippen LogP) is 2.72. The molecule has 2 nitrogen and oxygen atoms in total. The Morgan fingerprint density at radius 3 is 2.93 bits per heavy atom. The summed E-state index contributed by atoms with van der Waals surface area (Å²) in [6, 6.07) is 0. The maximum Gasteiger partial charge on any atom is 0.0505 e. The third-order valence-electron chi connectivity index (χ3n) is 3.87. The summed E-state index contributed by atoms with van der Waals surface area (Å²) in [5, 5.41) is 2.47. The summed E-state index contributed by atoms with van der Waals surface area (Å²) in [4.78, 5) is 0. The van der Waals surface area contributed by atoms with Gasteiger partial charge in [-0.2, -0.15) is 0 Å². The Morgan fingerprint density at radius 1 is 1.33 bits per heavy atom. The third kappa shape index (κ3) is 2.61. The van der Waals surface area contributed by atoms with Crippen LogP contribution in [-0.4, -0.2) is 23.6 Å². The van der Waals surface area contributed by atoms with Gasteiger partial charge < -0.3 is 0 Å². The molecule has 1 heterocycles. The standard InChI is InChI=1S/C13H24N2/c1-12-6-8-13(2,9-7-12)15-11-5-3-4-10-14-15/h6,8,12,14H,3-5,7,9-11H2,1-2H3. The fourth-order valence-electron chi connectivity index (χ4n) is 2.60. The maximum atomic E-state index is 3.59. The molecule has 0 saturated carbocycles. The highest BCUT2D eigenvalue weighted by Gasteiger charge is 2.31. The number of hydrogen-bond acceptors (Lipinski definition) is 2. The van der Waals surface area contributed by atoms with Gasteiger partial charge in [0.15, 0.2) is 0 Å². The maximum absolute atomic E-state index is 3.59. The van der Waals surface area contributed by atoms with E-state index >= 15 is 0 Å². The van der Waals surface area contributed by atoms with Crippen molar-refractivity contribution in [3.05, 3.63) is 12.2 Å². The molecule has 2 rings (SSSR count). The van der Waals surface area contributed by atoms with Crippen LogP contribution in [0.4, 0.5) is 0 Å². The van der Waals surface area contributed by atoms with Crippen LogP contribution in [0.5, 0.6) is 0 Å². The molecule has 1 aliphatic carbocycles. The van der Waals surface area contributed by atoms with E-state index < -0.39 is 0 Å². The molecule has 0 aromatic heterocycles. The molecule has 2 heteroatoms. The first-order valence-electron chi connectivity index (χ1n) is 6.41. The second-order valence-corrected chi connectivity index (χ2v) is 5.35. The summed E-state index contributed by atoms with van der Waals surface area (Å²) in [7, 11) is 0. The Kier molecular flexibility index (Phi) is 3.47. The van der Waals surface area contributed by atoms with E-state index in [1.165, 1.54) is 38.6 Å². The average Bonchev–Trinajstić information content (AvgIpc) is 2.51. The van der Waals surface area contributed by atoms with Crippen molar-refractivity contribution in [3.63, 3.8) is 0 Å². The van der Waals surface area contributed by atoms with E-state index in [2.05, 4.69) is 36.4 Å². The molecule has 0 radical (unpaired) electrons. The van der Waals surface area contributed by atoms with Crippen molar-refractivity contribution in [2.24, 2.45) is 5.92 Å². The van der Waals surface area contributed by atoms with E-state index in [9.17, 15) is 0 Å². The van der Waals surface area contributed by atoms with Gasteiger partial charge in [-0.15, -0.1) is 0 Å². The molecule has 0 amide bonds. The molecule has 0 aromatic carbocycles. The van der Waals surface area contributed by atoms with Crippen molar-refractivity contribution < 1.29 is 0 Å². The lowest BCUT2D eigenvalue weighted by atomic mass is 9.84. The van der Waals surface area contributed by atoms with Crippen LogP contribution in [0.25, 0.3) is 0 Å². The summed E-state index contributed by atoms with van der Waals surface area (Å²) in [6.07, 6.45) is 11.5. The van der Waals surface area contributed by atoms with Gasteiger partial charge in [0.1, 0.15) is 0 Å². The summed E-state index contributed by atoms with van der Waals surface area (Å²) >= 11 is 0. The number of nitrogens with zero attached hydrogens (tertiary/aromatic N) is 1. The van der Waals surface area contributed by atoms with Crippen LogP contribution < -0.4 is 5.43 Å². The molecule has 2 aliphatic rings. The van der Waals surface area contributed by atoms with Gasteiger partial charge in [0.2, 0.25) is 0 Å². The molecule has 1 saturated heterocycles. The van der Waals surface area contributed by atoms with Gasteiger partial charge >= 0.3 is 0 Å². The molecule has 86 valence electrons. The van der Waals surface area contributed by atoms with Crippen LogP contribution in [0.2, 0.25) is 0 Å². The van der Waals surface area contributed by atoms with E-state index in [1.54, 1.807) is 0 Å². The predicted molar refractivity (Wildman–Crippen MR) is 64.5 cm³/mol. The van der Waals surface area contributed by atoms with Crippen LogP contribution in [-0.2, 0) is 0 Å². The smallest absolute Gasteiger partial charge is 0.0505 e. The summed E-state index contributed by atoms with van der Waals surface area (Å²) in [6.45, 7) is 7.04. The molecule has 0 bridgehead atoms. The number of rotatable bonds is 1. The van der Waals surface area contributed by atoms with Gasteiger partial charge in [0.25, 0.3) is 0 Å². The molecule has 0 spiro atoms. The summed E-state index contributed by atoms with van der Waals surface area (Å²) in [5.41, 5.74) is 3.85. The van der Waals surface area contributed by atoms with Gasteiger partial charge in [-0.1, -0.05) is 25.5 Å². The molecule has 1 aliphatic heterocycles. The molecule has 2 unspecified atom stereocenters. The van der Waals surface area contributed by atoms with Gasteiger partial charge in [-0.3, -0.25) is 5.43 Å². The molecule has 1 N–H and O–H groups in total. The second kappa shape index (κ2) is 4.67. The number of hydrazine groups is 1. The van der Waals surface area contributed by atoms with Crippen molar-refractivity contribution in [2.75, 3.05) is 13.1 Å². The Bertz CT molecular complexity index is 229. The van der Waals surface area contributed by atoms with Crippen molar-refractivity contribution in [3.8, 4) is 0 Å². The fourth-order valence-corrected chi connectivity index (χ4v) is 2.60. The van der Waals surface area contributed by atoms with Crippen molar-refractivity contribution in [1.82, 2.24) is 10.4 Å². The largest absolute Gasteiger partial charge is 0.254 e. The SMILES string of the molecule is CC1C=CC(C)(N2CCCCCN2)CC1. The zero-order chi connectivity index (χ0) is 10.7. The number of allylic oxidation sites excluding steroid dienone is 1. The third-order valence-corrected chi connectivity index (χ3v) is 3.87. The molecular weight excluding hydrogens is 184 g/mol. The molecular formula is C13H24N2. The van der Waals surface area contributed by atoms with E-state index in [0.29, 0.717) is 0 Å². The van der Waals surface area contributed by atoms with Crippen LogP contribution in [0, 0.1) is 5.92 Å². The first kappa shape index (κ1) is 11.2. The molecule has 0 aromatic rings. The Morgan fingerprint density at radius 2 is 2.20 bits per heavy atom. The fraction of sp³-hybridized carbons (Fsp3) is 0.846. The van der Waals surface area contributed by atoms with Crippen molar-refractivity contribution >= 4 is 0 Å². The average molecular weight is 208 g/mol. The van der Waals surface area contributed by atoms with Crippen molar-refractivity contribution in [1.29, 1.82) is 0 Å². The van der Waals surface area contributed by atoms with Gasteiger partial charge in [-0.05, 0) is 38.5 Å². The van der Waals surface area contributed by atoms with Crippen LogP contribution >= 0.6 is 0 Å². The monoisotopic (exact) mass is 208 g/mol. The van der Waals surface area contributed by atoms with Crippen LogP contribution in [0.3, 0.4) is 0 Å². The quantitative estimate of drug-likeness (QED) is 0.667. The number of hydrogen-bond donors (Lipinski definition) is 1. The van der Waals surface area contributed by atoms with Crippen molar-refractivity contribution in [2.45, 2.75) is 51.5 Å². The summed E-state index contributed by atoms with van der Waals surface area (Å²) < 4.78 is 0. The van der Waals surface area contributed by atoms with E-state index in [0.717, 1.165) is 12.5 Å². The minimum atomic E-state index is 0.261. The summed E-state index contributed by atoms with van der Waals surface area (Å²) in [5.74, 6) is 0.769. The van der Waals surface area contributed by atoms with Crippen LogP contribution in [0.1, 0.15) is 46.0 Å². The number of nitrogens with one attached hydrogen (secondary N) is 1.